The van der Waals surface area contributed by atoms with Crippen molar-refractivity contribution in [3.8, 4) is 0 Å². The van der Waals surface area contributed by atoms with Crippen molar-refractivity contribution >= 4 is 51.0 Å². The first-order valence-corrected chi connectivity index (χ1v) is 10.3. The number of rotatable bonds is 3. The van der Waals surface area contributed by atoms with Crippen LogP contribution in [0.5, 0.6) is 0 Å². The van der Waals surface area contributed by atoms with E-state index in [4.69, 9.17) is 0 Å². The predicted molar refractivity (Wildman–Crippen MR) is 111 cm³/mol. The van der Waals surface area contributed by atoms with Crippen LogP contribution in [0, 0.1) is 0 Å². The topological polar surface area (TPSA) is 82.6 Å². The highest BCUT2D eigenvalue weighted by Gasteiger charge is 2.18. The van der Waals surface area contributed by atoms with Crippen molar-refractivity contribution < 1.29 is 9.59 Å². The molecule has 0 aromatic heterocycles. The summed E-state index contributed by atoms with van der Waals surface area (Å²) in [6.45, 7) is 0. The molecule has 0 unspecified atom stereocenters. The van der Waals surface area contributed by atoms with Crippen molar-refractivity contribution in [2.24, 2.45) is 4.99 Å². The van der Waals surface area contributed by atoms with Crippen LogP contribution in [0.1, 0.15) is 32.1 Å². The van der Waals surface area contributed by atoms with Gasteiger partial charge in [-0.1, -0.05) is 55.3 Å². The molecule has 1 heterocycles. The summed E-state index contributed by atoms with van der Waals surface area (Å²) >= 11 is 1.29. The number of urea groups is 1. The SMILES string of the molecule is O=C(CSC1=Nc2cccc3cccc(c23)N1)NC(=O)NC1CCCCC1. The van der Waals surface area contributed by atoms with E-state index in [-0.39, 0.29) is 17.7 Å². The summed E-state index contributed by atoms with van der Waals surface area (Å²) in [5.41, 5.74) is 1.87. The van der Waals surface area contributed by atoms with Crippen LogP contribution in [0.25, 0.3) is 10.8 Å². The van der Waals surface area contributed by atoms with Gasteiger partial charge in [-0.25, -0.2) is 9.79 Å². The Morgan fingerprint density at radius 3 is 2.70 bits per heavy atom. The number of nitrogens with one attached hydrogen (secondary N) is 3. The van der Waals surface area contributed by atoms with E-state index in [0.29, 0.717) is 5.17 Å². The smallest absolute Gasteiger partial charge is 0.321 e. The highest BCUT2D eigenvalue weighted by molar-refractivity contribution is 8.14. The van der Waals surface area contributed by atoms with E-state index in [9.17, 15) is 9.59 Å². The summed E-state index contributed by atoms with van der Waals surface area (Å²) in [6, 6.07) is 11.8. The Hall–Kier alpha value is -2.54. The Morgan fingerprint density at radius 1 is 1.11 bits per heavy atom. The molecule has 3 N–H and O–H groups in total. The second-order valence-electron chi connectivity index (χ2n) is 6.87. The fourth-order valence-corrected chi connectivity index (χ4v) is 4.29. The number of benzene rings is 2. The molecular weight excluding hydrogens is 360 g/mol. The molecule has 1 saturated carbocycles. The zero-order valence-electron chi connectivity index (χ0n) is 15.0. The van der Waals surface area contributed by atoms with Crippen molar-refractivity contribution in [3.63, 3.8) is 0 Å². The molecular formula is C20H22N4O2S. The summed E-state index contributed by atoms with van der Waals surface area (Å²) in [5.74, 6) is -0.197. The van der Waals surface area contributed by atoms with E-state index in [1.165, 1.54) is 18.2 Å². The molecule has 3 amide bonds. The van der Waals surface area contributed by atoms with E-state index < -0.39 is 6.03 Å². The normalized spacial score (nSPS) is 16.4. The molecule has 0 bridgehead atoms. The Labute approximate surface area is 162 Å². The quantitative estimate of drug-likeness (QED) is 0.745. The maximum Gasteiger partial charge on any atom is 0.321 e. The highest BCUT2D eigenvalue weighted by atomic mass is 32.2. The number of carbonyl (C=O) groups is 2. The monoisotopic (exact) mass is 382 g/mol. The van der Waals surface area contributed by atoms with Gasteiger partial charge in [-0.05, 0) is 30.4 Å². The number of amidine groups is 1. The lowest BCUT2D eigenvalue weighted by molar-refractivity contribution is -0.117. The van der Waals surface area contributed by atoms with Gasteiger partial charge in [-0.2, -0.15) is 0 Å². The third-order valence-electron chi connectivity index (χ3n) is 4.88. The van der Waals surface area contributed by atoms with Crippen LogP contribution in [0.4, 0.5) is 16.2 Å². The van der Waals surface area contributed by atoms with Gasteiger partial charge in [0.1, 0.15) is 0 Å². The predicted octanol–water partition coefficient (Wildman–Crippen LogP) is 4.14. The Balaban J connectivity index is 1.32. The summed E-state index contributed by atoms with van der Waals surface area (Å²) in [5, 5.41) is 11.4. The Bertz CT molecular complexity index is 901. The number of nitrogens with zero attached hydrogens (tertiary/aromatic N) is 1. The van der Waals surface area contributed by atoms with Gasteiger partial charge in [-0.15, -0.1) is 0 Å². The molecule has 2 aliphatic rings. The molecule has 1 aliphatic heterocycles. The van der Waals surface area contributed by atoms with Gasteiger partial charge in [0.15, 0.2) is 5.17 Å². The minimum absolute atomic E-state index is 0.127. The first kappa shape index (κ1) is 17.9. The Kier molecular flexibility index (Phi) is 5.29. The first-order chi connectivity index (χ1) is 13.2. The maximum atomic E-state index is 12.1. The maximum absolute atomic E-state index is 12.1. The van der Waals surface area contributed by atoms with Crippen molar-refractivity contribution in [3.05, 3.63) is 36.4 Å². The van der Waals surface area contributed by atoms with Crippen LogP contribution in [0.15, 0.2) is 41.4 Å². The standard InChI is InChI=1S/C20H22N4O2S/c25-17(24-19(26)21-14-8-2-1-3-9-14)12-27-20-22-15-10-4-6-13-7-5-11-16(23-20)18(13)15/h4-7,10-11,14H,1-3,8-9,12H2,(H,22,23)(H2,21,24,25,26). The largest absolute Gasteiger partial charge is 0.335 e. The number of anilines is 1. The lowest BCUT2D eigenvalue weighted by Crippen LogP contribution is -2.45. The Morgan fingerprint density at radius 2 is 1.89 bits per heavy atom. The van der Waals surface area contributed by atoms with Crippen molar-refractivity contribution in [1.82, 2.24) is 10.6 Å². The molecule has 0 radical (unpaired) electrons. The van der Waals surface area contributed by atoms with Crippen LogP contribution in [0.3, 0.4) is 0 Å². The van der Waals surface area contributed by atoms with E-state index in [1.54, 1.807) is 0 Å². The number of imide groups is 1. The van der Waals surface area contributed by atoms with Crippen LogP contribution >= 0.6 is 11.8 Å². The molecule has 1 fully saturated rings. The summed E-state index contributed by atoms with van der Waals surface area (Å²) in [7, 11) is 0. The van der Waals surface area contributed by atoms with Gasteiger partial charge in [-0.3, -0.25) is 10.1 Å². The molecule has 0 saturated heterocycles. The zero-order chi connectivity index (χ0) is 18.6. The average Bonchev–Trinajstić information content (AvgIpc) is 2.67. The van der Waals surface area contributed by atoms with Crippen molar-refractivity contribution in [2.75, 3.05) is 11.1 Å². The molecule has 2 aromatic carbocycles. The number of thioether (sulfide) groups is 1. The van der Waals surface area contributed by atoms with Crippen LogP contribution in [0.2, 0.25) is 0 Å². The van der Waals surface area contributed by atoms with Crippen LogP contribution in [-0.4, -0.2) is 28.9 Å². The second kappa shape index (κ2) is 8.00. The molecule has 0 spiro atoms. The fraction of sp³-hybridized carbons (Fsp3) is 0.350. The molecule has 7 heteroatoms. The molecule has 4 rings (SSSR count). The molecule has 0 atom stereocenters. The summed E-state index contributed by atoms with van der Waals surface area (Å²) < 4.78 is 0. The molecule has 27 heavy (non-hydrogen) atoms. The number of hydrogen-bond donors (Lipinski definition) is 3. The third-order valence-corrected chi connectivity index (χ3v) is 5.75. The van der Waals surface area contributed by atoms with Gasteiger partial charge in [0.05, 0.1) is 17.1 Å². The van der Waals surface area contributed by atoms with Gasteiger partial charge >= 0.3 is 6.03 Å². The first-order valence-electron chi connectivity index (χ1n) is 9.30. The summed E-state index contributed by atoms with van der Waals surface area (Å²) in [6.07, 6.45) is 5.47. The number of hydrogen-bond acceptors (Lipinski definition) is 5. The van der Waals surface area contributed by atoms with Crippen molar-refractivity contribution in [2.45, 2.75) is 38.1 Å². The van der Waals surface area contributed by atoms with Gasteiger partial charge in [0.25, 0.3) is 0 Å². The molecule has 2 aromatic rings. The number of aliphatic imine (C=N–C) groups is 1. The van der Waals surface area contributed by atoms with Gasteiger partial charge in [0.2, 0.25) is 5.91 Å². The minimum atomic E-state index is -0.402. The molecule has 1 aliphatic carbocycles. The average molecular weight is 382 g/mol. The lowest BCUT2D eigenvalue weighted by atomic mass is 9.96. The van der Waals surface area contributed by atoms with E-state index in [2.05, 4.69) is 33.1 Å². The van der Waals surface area contributed by atoms with Crippen molar-refractivity contribution in [1.29, 1.82) is 0 Å². The molecule has 6 nitrogen and oxygen atoms in total. The summed E-state index contributed by atoms with van der Waals surface area (Å²) in [4.78, 5) is 28.7. The third kappa shape index (κ3) is 4.24. The minimum Gasteiger partial charge on any atom is -0.335 e. The van der Waals surface area contributed by atoms with Crippen LogP contribution in [-0.2, 0) is 4.79 Å². The van der Waals surface area contributed by atoms with Crippen LogP contribution < -0.4 is 16.0 Å². The number of amides is 3. The van der Waals surface area contributed by atoms with Gasteiger partial charge < -0.3 is 10.6 Å². The fourth-order valence-electron chi connectivity index (χ4n) is 3.60. The highest BCUT2D eigenvalue weighted by Crippen LogP contribution is 2.36. The lowest BCUT2D eigenvalue weighted by Gasteiger charge is -2.22. The zero-order valence-corrected chi connectivity index (χ0v) is 15.8. The van der Waals surface area contributed by atoms with E-state index in [1.807, 2.05) is 24.3 Å². The number of carbonyl (C=O) groups excluding carboxylic acids is 2. The molecule has 140 valence electrons. The van der Waals surface area contributed by atoms with Gasteiger partial charge in [0, 0.05) is 11.4 Å². The second-order valence-corrected chi connectivity index (χ2v) is 7.83. The van der Waals surface area contributed by atoms with E-state index in [0.717, 1.165) is 47.8 Å². The van der Waals surface area contributed by atoms with E-state index >= 15 is 0 Å².